The summed E-state index contributed by atoms with van der Waals surface area (Å²) >= 11 is 0. The average Bonchev–Trinajstić information content (AvgIpc) is 2.09. The second-order valence-electron chi connectivity index (χ2n) is 5.82. The fourth-order valence-corrected chi connectivity index (χ4v) is 2.07. The van der Waals surface area contributed by atoms with Gasteiger partial charge in [-0.05, 0) is 39.3 Å². The number of nitrogens with two attached hydrogens (primary N) is 1. The van der Waals surface area contributed by atoms with Crippen molar-refractivity contribution in [3.63, 3.8) is 0 Å². The Bertz CT molecular complexity index is 231. The average molecular weight is 225 g/mol. The molecule has 0 amide bonds. The Labute approximate surface area is 99.9 Å². The monoisotopic (exact) mass is 225 g/mol. The first-order valence-corrected chi connectivity index (χ1v) is 6.48. The van der Waals surface area contributed by atoms with Crippen LogP contribution in [0.3, 0.4) is 0 Å². The fraction of sp³-hybridized carbons (Fsp3) is 0.923. The van der Waals surface area contributed by atoms with Crippen LogP contribution in [0.5, 0.6) is 0 Å². The zero-order chi connectivity index (χ0) is 12.2. The summed E-state index contributed by atoms with van der Waals surface area (Å²) in [4.78, 5) is 2.49. The van der Waals surface area contributed by atoms with Crippen LogP contribution in [0, 0.1) is 10.8 Å². The van der Waals surface area contributed by atoms with Crippen LogP contribution in [0.1, 0.15) is 52.4 Å². The molecule has 1 rings (SSSR count). The first-order chi connectivity index (χ1) is 7.43. The van der Waals surface area contributed by atoms with Crippen molar-refractivity contribution in [3.05, 3.63) is 0 Å². The molecule has 0 saturated heterocycles. The highest BCUT2D eigenvalue weighted by Gasteiger charge is 2.23. The SMILES string of the molecule is CN(CCCCC(C)(C)C(=N)N)C1CCC1. The van der Waals surface area contributed by atoms with E-state index < -0.39 is 0 Å². The van der Waals surface area contributed by atoms with Gasteiger partial charge in [0, 0.05) is 11.5 Å². The molecule has 1 aliphatic rings. The van der Waals surface area contributed by atoms with Crippen LogP contribution in [0.25, 0.3) is 0 Å². The number of amidine groups is 1. The van der Waals surface area contributed by atoms with E-state index in [4.69, 9.17) is 11.1 Å². The zero-order valence-electron chi connectivity index (χ0n) is 11.1. The molecule has 94 valence electrons. The Kier molecular flexibility index (Phi) is 4.78. The minimum atomic E-state index is -0.116. The summed E-state index contributed by atoms with van der Waals surface area (Å²) in [7, 11) is 2.24. The molecule has 1 aliphatic carbocycles. The minimum absolute atomic E-state index is 0.116. The van der Waals surface area contributed by atoms with E-state index in [0.717, 1.165) is 12.5 Å². The van der Waals surface area contributed by atoms with Gasteiger partial charge in [0.1, 0.15) is 0 Å². The van der Waals surface area contributed by atoms with Gasteiger partial charge in [0.25, 0.3) is 0 Å². The second-order valence-corrected chi connectivity index (χ2v) is 5.82. The van der Waals surface area contributed by atoms with Gasteiger partial charge in [0.05, 0.1) is 5.84 Å². The molecule has 3 heteroatoms. The number of hydrogen-bond donors (Lipinski definition) is 2. The molecule has 1 saturated carbocycles. The summed E-state index contributed by atoms with van der Waals surface area (Å²) in [6.07, 6.45) is 7.60. The van der Waals surface area contributed by atoms with Gasteiger partial charge < -0.3 is 10.6 Å². The predicted molar refractivity (Wildman–Crippen MR) is 69.8 cm³/mol. The molecule has 0 aliphatic heterocycles. The van der Waals surface area contributed by atoms with Crippen molar-refractivity contribution in [1.29, 1.82) is 5.41 Å². The lowest BCUT2D eigenvalue weighted by Crippen LogP contribution is -2.37. The van der Waals surface area contributed by atoms with Crippen molar-refractivity contribution in [2.24, 2.45) is 11.1 Å². The molecule has 0 unspecified atom stereocenters. The van der Waals surface area contributed by atoms with Crippen molar-refractivity contribution >= 4 is 5.84 Å². The summed E-state index contributed by atoms with van der Waals surface area (Å²) in [6, 6.07) is 0.848. The predicted octanol–water partition coefficient (Wildman–Crippen LogP) is 2.60. The smallest absolute Gasteiger partial charge is 0.0963 e. The largest absolute Gasteiger partial charge is 0.387 e. The van der Waals surface area contributed by atoms with Crippen molar-refractivity contribution < 1.29 is 0 Å². The molecule has 1 fully saturated rings. The lowest BCUT2D eigenvalue weighted by atomic mass is 9.86. The van der Waals surface area contributed by atoms with Crippen LogP contribution in [0.15, 0.2) is 0 Å². The minimum Gasteiger partial charge on any atom is -0.387 e. The summed E-state index contributed by atoms with van der Waals surface area (Å²) in [6.45, 7) is 5.31. The van der Waals surface area contributed by atoms with Gasteiger partial charge in [-0.3, -0.25) is 5.41 Å². The van der Waals surface area contributed by atoms with Crippen LogP contribution in [-0.4, -0.2) is 30.4 Å². The summed E-state index contributed by atoms with van der Waals surface area (Å²) in [5.41, 5.74) is 5.45. The van der Waals surface area contributed by atoms with E-state index in [1.54, 1.807) is 0 Å². The molecule has 0 spiro atoms. The highest BCUT2D eigenvalue weighted by molar-refractivity contribution is 5.82. The molecule has 3 nitrogen and oxygen atoms in total. The van der Waals surface area contributed by atoms with E-state index in [2.05, 4.69) is 25.8 Å². The standard InChI is InChI=1S/C13H27N3/c1-13(2,12(14)15)9-4-5-10-16(3)11-7-6-8-11/h11H,4-10H2,1-3H3,(H3,14,15). The molecular formula is C13H27N3. The highest BCUT2D eigenvalue weighted by atomic mass is 15.1. The zero-order valence-corrected chi connectivity index (χ0v) is 11.1. The molecular weight excluding hydrogens is 198 g/mol. The van der Waals surface area contributed by atoms with Gasteiger partial charge >= 0.3 is 0 Å². The van der Waals surface area contributed by atoms with Crippen LogP contribution in [0.2, 0.25) is 0 Å². The summed E-state index contributed by atoms with van der Waals surface area (Å²) < 4.78 is 0. The Morgan fingerprint density at radius 1 is 1.38 bits per heavy atom. The molecule has 16 heavy (non-hydrogen) atoms. The first kappa shape index (κ1) is 13.5. The van der Waals surface area contributed by atoms with Gasteiger partial charge in [-0.2, -0.15) is 0 Å². The van der Waals surface area contributed by atoms with Crippen LogP contribution in [-0.2, 0) is 0 Å². The van der Waals surface area contributed by atoms with Crippen molar-refractivity contribution in [2.75, 3.05) is 13.6 Å². The molecule has 0 aromatic rings. The van der Waals surface area contributed by atoms with E-state index >= 15 is 0 Å². The van der Waals surface area contributed by atoms with E-state index in [0.29, 0.717) is 5.84 Å². The van der Waals surface area contributed by atoms with Crippen LogP contribution < -0.4 is 5.73 Å². The topological polar surface area (TPSA) is 53.1 Å². The second kappa shape index (κ2) is 5.67. The van der Waals surface area contributed by atoms with E-state index in [1.165, 1.54) is 38.6 Å². The van der Waals surface area contributed by atoms with Crippen molar-refractivity contribution in [2.45, 2.75) is 58.4 Å². The van der Waals surface area contributed by atoms with Gasteiger partial charge in [-0.15, -0.1) is 0 Å². The van der Waals surface area contributed by atoms with Crippen LogP contribution >= 0.6 is 0 Å². The molecule has 0 bridgehead atoms. The number of nitrogens with one attached hydrogen (secondary N) is 1. The third-order valence-corrected chi connectivity index (χ3v) is 3.99. The quantitative estimate of drug-likeness (QED) is 0.397. The molecule has 0 radical (unpaired) electrons. The Balaban J connectivity index is 2.09. The molecule has 0 aromatic heterocycles. The third kappa shape index (κ3) is 3.78. The van der Waals surface area contributed by atoms with E-state index in [-0.39, 0.29) is 5.41 Å². The normalized spacial score (nSPS) is 17.5. The maximum atomic E-state index is 7.49. The van der Waals surface area contributed by atoms with E-state index in [9.17, 15) is 0 Å². The van der Waals surface area contributed by atoms with Crippen LogP contribution in [0.4, 0.5) is 0 Å². The number of nitrogens with zero attached hydrogens (tertiary/aromatic N) is 1. The Morgan fingerprint density at radius 2 is 2.00 bits per heavy atom. The van der Waals surface area contributed by atoms with Gasteiger partial charge in [0.2, 0.25) is 0 Å². The highest BCUT2D eigenvalue weighted by Crippen LogP contribution is 2.25. The van der Waals surface area contributed by atoms with Crippen molar-refractivity contribution in [1.82, 2.24) is 4.90 Å². The third-order valence-electron chi connectivity index (χ3n) is 3.99. The van der Waals surface area contributed by atoms with Gasteiger partial charge in [-0.1, -0.05) is 26.7 Å². The van der Waals surface area contributed by atoms with E-state index in [1.807, 2.05) is 0 Å². The lowest BCUT2D eigenvalue weighted by Gasteiger charge is -2.35. The molecule has 0 atom stereocenters. The summed E-state index contributed by atoms with van der Waals surface area (Å²) in [5.74, 6) is 0.319. The first-order valence-electron chi connectivity index (χ1n) is 6.48. The molecule has 3 N–H and O–H groups in total. The van der Waals surface area contributed by atoms with Gasteiger partial charge in [0.15, 0.2) is 0 Å². The lowest BCUT2D eigenvalue weighted by molar-refractivity contribution is 0.156. The summed E-state index contributed by atoms with van der Waals surface area (Å²) in [5, 5.41) is 7.49. The maximum Gasteiger partial charge on any atom is 0.0963 e. The number of unbranched alkanes of at least 4 members (excludes halogenated alkanes) is 1. The fourth-order valence-electron chi connectivity index (χ4n) is 2.07. The Hall–Kier alpha value is -0.570. The molecule has 0 aromatic carbocycles. The maximum absolute atomic E-state index is 7.49. The molecule has 0 heterocycles. The number of hydrogen-bond acceptors (Lipinski definition) is 2. The Morgan fingerprint density at radius 3 is 2.44 bits per heavy atom. The van der Waals surface area contributed by atoms with Crippen molar-refractivity contribution in [3.8, 4) is 0 Å². The van der Waals surface area contributed by atoms with Gasteiger partial charge in [-0.25, -0.2) is 0 Å². The number of rotatable bonds is 7.